The summed E-state index contributed by atoms with van der Waals surface area (Å²) < 4.78 is 65.0. The Kier molecular flexibility index (Phi) is 50.3. The van der Waals surface area contributed by atoms with Gasteiger partial charge in [0.05, 0.1) is 13.2 Å². The Bertz CT molecular complexity index is 2120. The molecule has 18 unspecified atom stereocenters. The maximum atomic E-state index is 14.3. The van der Waals surface area contributed by atoms with Crippen molar-refractivity contribution in [3.05, 3.63) is 24.3 Å². The molecular weight excluding hydrogens is 1290 g/mol. The van der Waals surface area contributed by atoms with Crippen LogP contribution in [-0.4, -0.2) is 204 Å². The van der Waals surface area contributed by atoms with Crippen molar-refractivity contribution in [3.63, 3.8) is 0 Å². The lowest BCUT2D eigenvalue weighted by Crippen LogP contribution is -2.69. The SMILES string of the molecule is CCCCCCCC/C=C\CCCCCC(=O)OCC1OC(OC2C(O)C(O)C(O)C(OC3OC(CO)C(O)C(O)C3O)C2OP(=O)(O)OCC(COC(=O)CCCCCCCCCCCCCCCCCC)OC(=O)CCCCC/C=C\CCCCCCCCC)C(O)C(O)C1O. The minimum atomic E-state index is -5.70. The number of rotatable bonds is 59. The monoisotopic (exact) mass is 1420 g/mol. The maximum absolute atomic E-state index is 14.3. The number of aliphatic hydroxyl groups excluding tert-OH is 10. The van der Waals surface area contributed by atoms with Gasteiger partial charge in [0.15, 0.2) is 18.7 Å². The summed E-state index contributed by atoms with van der Waals surface area (Å²) in [5.41, 5.74) is 0. The summed E-state index contributed by atoms with van der Waals surface area (Å²) in [5.74, 6) is -2.02. The number of hydrogen-bond donors (Lipinski definition) is 11. The first kappa shape index (κ1) is 89.7. The molecule has 24 nitrogen and oxygen atoms in total. The third-order valence-corrected chi connectivity index (χ3v) is 19.7. The second kappa shape index (κ2) is 55.0. The lowest BCUT2D eigenvalue weighted by Gasteiger charge is -2.49. The molecule has 98 heavy (non-hydrogen) atoms. The van der Waals surface area contributed by atoms with E-state index in [1.807, 2.05) is 0 Å². The normalized spacial score (nSPS) is 27.7. The van der Waals surface area contributed by atoms with Gasteiger partial charge in [-0.05, 0) is 70.6 Å². The Morgan fingerprint density at radius 2 is 0.714 bits per heavy atom. The molecule has 0 amide bonds. The Morgan fingerprint density at radius 1 is 0.388 bits per heavy atom. The fourth-order valence-electron chi connectivity index (χ4n) is 12.5. The van der Waals surface area contributed by atoms with Gasteiger partial charge in [-0.25, -0.2) is 4.57 Å². The zero-order valence-corrected chi connectivity index (χ0v) is 60.7. The average Bonchev–Trinajstić information content (AvgIpc) is 0.763. The smallest absolute Gasteiger partial charge is 0.463 e. The van der Waals surface area contributed by atoms with Crippen LogP contribution in [0.15, 0.2) is 24.3 Å². The zero-order chi connectivity index (χ0) is 71.8. The highest BCUT2D eigenvalue weighted by Gasteiger charge is 2.58. The van der Waals surface area contributed by atoms with E-state index in [9.17, 15) is 74.9 Å². The highest BCUT2D eigenvalue weighted by Crippen LogP contribution is 2.49. The number of aliphatic hydroxyl groups is 10. The molecule has 0 spiro atoms. The molecule has 25 heteroatoms. The lowest BCUT2D eigenvalue weighted by molar-refractivity contribution is -0.360. The average molecular weight is 1430 g/mol. The molecule has 2 aliphatic heterocycles. The number of unbranched alkanes of at least 4 members (excludes halogenated alkanes) is 34. The van der Waals surface area contributed by atoms with Crippen molar-refractivity contribution in [1.82, 2.24) is 0 Å². The van der Waals surface area contributed by atoms with Crippen molar-refractivity contribution in [2.24, 2.45) is 0 Å². The standard InChI is InChI=1S/C73H133O24P/c1-4-7-10-13-16-19-22-25-27-28-31-33-35-38-41-44-47-57(75)89-51-54(92-59(77)49-46-43-40-37-34-30-26-23-20-17-14-11-8-5-2)52-91-98(87,88)97-71-69(95-72-67(85)62(80)60(78)55(50-74)93-72)65(83)64(82)66(84)70(71)96-73-68(86)63(81)61(79)56(94-73)53-90-58(76)48-45-42-39-36-32-29-24-21-18-15-12-9-6-3/h29-30,32,34,54-56,60-74,78-86H,4-28,31,33,35-53H2,1-3H3,(H,87,88)/b32-29-,34-30-. The van der Waals surface area contributed by atoms with Crippen LogP contribution in [0.4, 0.5) is 0 Å². The number of carbonyl (C=O) groups excluding carboxylic acids is 3. The highest BCUT2D eigenvalue weighted by molar-refractivity contribution is 7.47. The topological polar surface area (TPSA) is 374 Å². The van der Waals surface area contributed by atoms with Gasteiger partial charge in [-0.15, -0.1) is 0 Å². The van der Waals surface area contributed by atoms with Gasteiger partial charge in [0.25, 0.3) is 0 Å². The van der Waals surface area contributed by atoms with E-state index in [-0.39, 0.29) is 19.3 Å². The van der Waals surface area contributed by atoms with E-state index in [1.165, 1.54) is 135 Å². The molecule has 2 saturated heterocycles. The zero-order valence-electron chi connectivity index (χ0n) is 59.8. The van der Waals surface area contributed by atoms with Crippen molar-refractivity contribution in [2.75, 3.05) is 26.4 Å². The van der Waals surface area contributed by atoms with Crippen LogP contribution in [-0.2, 0) is 61.2 Å². The largest absolute Gasteiger partial charge is 0.472 e. The number of hydrogen-bond acceptors (Lipinski definition) is 23. The Balaban J connectivity index is 1.74. The van der Waals surface area contributed by atoms with Gasteiger partial charge in [0.1, 0.15) is 98.7 Å². The first-order chi connectivity index (χ1) is 47.3. The minimum absolute atomic E-state index is 0.00761. The van der Waals surface area contributed by atoms with Crippen LogP contribution in [0.5, 0.6) is 0 Å². The summed E-state index contributed by atoms with van der Waals surface area (Å²) in [4.78, 5) is 51.0. The molecule has 3 aliphatic rings. The van der Waals surface area contributed by atoms with Crippen LogP contribution in [0, 0.1) is 0 Å². The predicted molar refractivity (Wildman–Crippen MR) is 370 cm³/mol. The molecule has 0 aromatic carbocycles. The summed E-state index contributed by atoms with van der Waals surface area (Å²) >= 11 is 0. The minimum Gasteiger partial charge on any atom is -0.463 e. The third kappa shape index (κ3) is 37.7. The quantitative estimate of drug-likeness (QED) is 0.00886. The van der Waals surface area contributed by atoms with Crippen LogP contribution >= 0.6 is 7.82 Å². The first-order valence-electron chi connectivity index (χ1n) is 38.1. The van der Waals surface area contributed by atoms with Gasteiger partial charge < -0.3 is 89.1 Å². The number of allylic oxidation sites excluding steroid dienone is 4. The maximum Gasteiger partial charge on any atom is 0.472 e. The molecule has 3 rings (SSSR count). The van der Waals surface area contributed by atoms with E-state index in [0.29, 0.717) is 25.7 Å². The van der Waals surface area contributed by atoms with E-state index in [4.69, 9.17) is 42.2 Å². The van der Waals surface area contributed by atoms with E-state index in [0.717, 1.165) is 89.9 Å². The highest BCUT2D eigenvalue weighted by atomic mass is 31.2. The Hall–Kier alpha value is -2.56. The van der Waals surface area contributed by atoms with Gasteiger partial charge in [-0.2, -0.15) is 0 Å². The van der Waals surface area contributed by atoms with Crippen molar-refractivity contribution < 1.29 is 117 Å². The van der Waals surface area contributed by atoms with Crippen LogP contribution in [0.2, 0.25) is 0 Å². The van der Waals surface area contributed by atoms with Crippen molar-refractivity contribution in [2.45, 2.75) is 395 Å². The third-order valence-electron chi connectivity index (χ3n) is 18.7. The van der Waals surface area contributed by atoms with Gasteiger partial charge in [0.2, 0.25) is 0 Å². The number of esters is 3. The number of phosphoric acid groups is 1. The van der Waals surface area contributed by atoms with Crippen molar-refractivity contribution >= 4 is 25.7 Å². The van der Waals surface area contributed by atoms with E-state index >= 15 is 0 Å². The lowest BCUT2D eigenvalue weighted by atomic mass is 9.84. The predicted octanol–water partition coefficient (Wildman–Crippen LogP) is 10.5. The van der Waals surface area contributed by atoms with Crippen molar-refractivity contribution in [3.8, 4) is 0 Å². The van der Waals surface area contributed by atoms with E-state index < -0.39 is 156 Å². The molecule has 1 saturated carbocycles. The van der Waals surface area contributed by atoms with Gasteiger partial charge >= 0.3 is 25.7 Å². The molecule has 0 aromatic rings. The molecule has 11 N–H and O–H groups in total. The van der Waals surface area contributed by atoms with Crippen molar-refractivity contribution in [1.29, 1.82) is 0 Å². The first-order valence-corrected chi connectivity index (χ1v) is 39.6. The second-order valence-corrected chi connectivity index (χ2v) is 28.8. The van der Waals surface area contributed by atoms with Gasteiger partial charge in [-0.1, -0.05) is 225 Å². The van der Waals surface area contributed by atoms with Crippen LogP contribution in [0.3, 0.4) is 0 Å². The molecule has 0 bridgehead atoms. The molecule has 3 fully saturated rings. The summed E-state index contributed by atoms with van der Waals surface area (Å²) in [5, 5.41) is 110. The molecular formula is C73H133O24P. The second-order valence-electron chi connectivity index (χ2n) is 27.4. The molecule has 18 atom stereocenters. The number of phosphoric ester groups is 1. The summed E-state index contributed by atoms with van der Waals surface area (Å²) in [6.45, 7) is 3.42. The molecule has 1 aliphatic carbocycles. The van der Waals surface area contributed by atoms with E-state index in [1.54, 1.807) is 0 Å². The Labute approximate surface area is 585 Å². The fraction of sp³-hybridized carbons (Fsp3) is 0.904. The Morgan fingerprint density at radius 3 is 1.11 bits per heavy atom. The van der Waals surface area contributed by atoms with Crippen LogP contribution < -0.4 is 0 Å². The molecule has 2 heterocycles. The summed E-state index contributed by atoms with van der Waals surface area (Å²) in [7, 11) is -5.70. The molecule has 0 radical (unpaired) electrons. The summed E-state index contributed by atoms with van der Waals surface area (Å²) in [6, 6.07) is 0. The molecule has 0 aromatic heterocycles. The van der Waals surface area contributed by atoms with E-state index in [2.05, 4.69) is 45.1 Å². The van der Waals surface area contributed by atoms with Crippen LogP contribution in [0.1, 0.15) is 290 Å². The number of ether oxygens (including phenoxy) is 7. The molecule has 574 valence electrons. The fourth-order valence-corrected chi connectivity index (χ4v) is 13.4. The van der Waals surface area contributed by atoms with Gasteiger partial charge in [-0.3, -0.25) is 23.4 Å². The number of carbonyl (C=O) groups is 3. The van der Waals surface area contributed by atoms with Gasteiger partial charge in [0, 0.05) is 19.3 Å². The summed E-state index contributed by atoms with van der Waals surface area (Å²) in [6.07, 6.45) is 15.3. The van der Waals surface area contributed by atoms with Crippen LogP contribution in [0.25, 0.3) is 0 Å².